The Bertz CT molecular complexity index is 1040. The summed E-state index contributed by atoms with van der Waals surface area (Å²) >= 11 is 6.18. The lowest BCUT2D eigenvalue weighted by molar-refractivity contribution is 0.0955. The molecule has 0 aliphatic heterocycles. The smallest absolute Gasteiger partial charge is 0.271 e. The molecule has 0 aliphatic carbocycles. The van der Waals surface area contributed by atoms with Gasteiger partial charge in [0.1, 0.15) is 12.4 Å². The van der Waals surface area contributed by atoms with Crippen LogP contribution in [-0.2, 0) is 6.61 Å². The fourth-order valence-corrected chi connectivity index (χ4v) is 2.80. The van der Waals surface area contributed by atoms with E-state index in [1.807, 2.05) is 31.2 Å². The van der Waals surface area contributed by atoms with Gasteiger partial charge in [-0.15, -0.1) is 0 Å². The van der Waals surface area contributed by atoms with Crippen molar-refractivity contribution >= 4 is 23.7 Å². The van der Waals surface area contributed by atoms with Crippen LogP contribution in [0.2, 0.25) is 5.02 Å². The molecule has 1 amide bonds. The average Bonchev–Trinajstić information content (AvgIpc) is 2.75. The van der Waals surface area contributed by atoms with Crippen LogP contribution in [0.25, 0.3) is 0 Å². The zero-order chi connectivity index (χ0) is 21.3. The number of nitrogens with one attached hydrogen (secondary N) is 1. The molecule has 3 aromatic rings. The van der Waals surface area contributed by atoms with Gasteiger partial charge >= 0.3 is 0 Å². The van der Waals surface area contributed by atoms with Crippen LogP contribution in [0, 0.1) is 0 Å². The third kappa shape index (κ3) is 5.75. The van der Waals surface area contributed by atoms with Crippen molar-refractivity contribution < 1.29 is 19.4 Å². The number of rotatable bonds is 8. The van der Waals surface area contributed by atoms with Crippen LogP contribution >= 0.6 is 11.6 Å². The van der Waals surface area contributed by atoms with Gasteiger partial charge in [-0.2, -0.15) is 5.10 Å². The maximum Gasteiger partial charge on any atom is 0.271 e. The number of carbonyl (C=O) groups is 1. The first-order valence-corrected chi connectivity index (χ1v) is 9.70. The van der Waals surface area contributed by atoms with Gasteiger partial charge < -0.3 is 14.6 Å². The maximum absolute atomic E-state index is 12.1. The summed E-state index contributed by atoms with van der Waals surface area (Å²) in [5.74, 6) is 0.867. The first-order chi connectivity index (χ1) is 14.6. The summed E-state index contributed by atoms with van der Waals surface area (Å²) in [7, 11) is 0. The molecule has 0 atom stereocenters. The zero-order valence-corrected chi connectivity index (χ0v) is 17.1. The van der Waals surface area contributed by atoms with Gasteiger partial charge in [0.05, 0.1) is 12.8 Å². The van der Waals surface area contributed by atoms with Crippen LogP contribution in [0.5, 0.6) is 17.2 Å². The predicted octanol–water partition coefficient (Wildman–Crippen LogP) is 4.79. The molecule has 30 heavy (non-hydrogen) atoms. The quantitative estimate of drug-likeness (QED) is 0.402. The minimum Gasteiger partial charge on any atom is -0.508 e. The summed E-state index contributed by atoms with van der Waals surface area (Å²) in [6, 6.07) is 18.8. The Morgan fingerprint density at radius 1 is 1.07 bits per heavy atom. The fourth-order valence-electron chi connectivity index (χ4n) is 2.61. The van der Waals surface area contributed by atoms with Gasteiger partial charge in [-0.3, -0.25) is 4.79 Å². The standard InChI is InChI=1S/C23H21ClN2O4/c1-2-29-22-13-16(14-25-26-23(28)17-8-10-19(27)11-9-17)7-12-21(22)30-15-18-5-3-4-6-20(18)24/h3-14,27H,2,15H2,1H3,(H,26,28)/b25-14+. The summed E-state index contributed by atoms with van der Waals surface area (Å²) in [6.45, 7) is 2.67. The molecule has 6 nitrogen and oxygen atoms in total. The average molecular weight is 425 g/mol. The predicted molar refractivity (Wildman–Crippen MR) is 117 cm³/mol. The molecule has 154 valence electrons. The Morgan fingerprint density at radius 3 is 2.57 bits per heavy atom. The second-order valence-corrected chi connectivity index (χ2v) is 6.67. The second-order valence-electron chi connectivity index (χ2n) is 6.27. The van der Waals surface area contributed by atoms with E-state index in [9.17, 15) is 9.90 Å². The molecule has 2 N–H and O–H groups in total. The van der Waals surface area contributed by atoms with Crippen molar-refractivity contribution in [1.29, 1.82) is 0 Å². The first-order valence-electron chi connectivity index (χ1n) is 9.32. The van der Waals surface area contributed by atoms with E-state index in [2.05, 4.69) is 10.5 Å². The number of phenolic OH excluding ortho intramolecular Hbond substituents is 1. The largest absolute Gasteiger partial charge is 0.508 e. The van der Waals surface area contributed by atoms with Crippen molar-refractivity contribution in [1.82, 2.24) is 5.43 Å². The molecule has 0 fully saturated rings. The highest BCUT2D eigenvalue weighted by Gasteiger charge is 2.08. The van der Waals surface area contributed by atoms with E-state index >= 15 is 0 Å². The van der Waals surface area contributed by atoms with Gasteiger partial charge in [0, 0.05) is 16.1 Å². The number of carbonyl (C=O) groups excluding carboxylic acids is 1. The highest BCUT2D eigenvalue weighted by atomic mass is 35.5. The Kier molecular flexibility index (Phi) is 7.29. The molecule has 7 heteroatoms. The zero-order valence-electron chi connectivity index (χ0n) is 16.3. The molecular weight excluding hydrogens is 404 g/mol. The molecule has 0 saturated carbocycles. The van der Waals surface area contributed by atoms with E-state index in [0.29, 0.717) is 35.3 Å². The highest BCUT2D eigenvalue weighted by molar-refractivity contribution is 6.31. The van der Waals surface area contributed by atoms with Gasteiger partial charge in [-0.25, -0.2) is 5.43 Å². The number of aromatic hydroxyl groups is 1. The normalized spacial score (nSPS) is 10.7. The van der Waals surface area contributed by atoms with Crippen LogP contribution in [0.4, 0.5) is 0 Å². The van der Waals surface area contributed by atoms with Crippen LogP contribution < -0.4 is 14.9 Å². The molecule has 0 aromatic heterocycles. The number of hydrogen-bond acceptors (Lipinski definition) is 5. The van der Waals surface area contributed by atoms with E-state index in [1.165, 1.54) is 30.5 Å². The molecule has 3 aromatic carbocycles. The Balaban J connectivity index is 1.66. The van der Waals surface area contributed by atoms with Crippen molar-refractivity contribution in [3.63, 3.8) is 0 Å². The lowest BCUT2D eigenvalue weighted by atomic mass is 10.2. The number of ether oxygens (including phenoxy) is 2. The van der Waals surface area contributed by atoms with Gasteiger partial charge in [-0.1, -0.05) is 29.8 Å². The van der Waals surface area contributed by atoms with Gasteiger partial charge in [-0.05, 0) is 61.0 Å². The minimum absolute atomic E-state index is 0.0929. The van der Waals surface area contributed by atoms with Crippen molar-refractivity contribution in [3.05, 3.63) is 88.4 Å². The first kappa shape index (κ1) is 21.2. The molecule has 3 rings (SSSR count). The topological polar surface area (TPSA) is 80.2 Å². The number of hydrazone groups is 1. The fraction of sp³-hybridized carbons (Fsp3) is 0.130. The number of amides is 1. The summed E-state index contributed by atoms with van der Waals surface area (Å²) in [5.41, 5.74) is 4.45. The maximum atomic E-state index is 12.1. The van der Waals surface area contributed by atoms with Crippen molar-refractivity contribution in [2.45, 2.75) is 13.5 Å². The number of hydrogen-bond donors (Lipinski definition) is 2. The molecular formula is C23H21ClN2O4. The number of phenols is 1. The van der Waals surface area contributed by atoms with Crippen molar-refractivity contribution in [3.8, 4) is 17.2 Å². The molecule has 0 radical (unpaired) electrons. The molecule has 0 unspecified atom stereocenters. The molecule has 0 saturated heterocycles. The van der Waals surface area contributed by atoms with Gasteiger partial charge in [0.15, 0.2) is 11.5 Å². The number of benzene rings is 3. The lowest BCUT2D eigenvalue weighted by Gasteiger charge is -2.13. The van der Waals surface area contributed by atoms with Crippen LogP contribution in [0.3, 0.4) is 0 Å². The van der Waals surface area contributed by atoms with Crippen molar-refractivity contribution in [2.75, 3.05) is 6.61 Å². The highest BCUT2D eigenvalue weighted by Crippen LogP contribution is 2.29. The van der Waals surface area contributed by atoms with Crippen LogP contribution in [-0.4, -0.2) is 23.8 Å². The molecule has 0 heterocycles. The van der Waals surface area contributed by atoms with E-state index in [0.717, 1.165) is 11.1 Å². The minimum atomic E-state index is -0.379. The Labute approximate surface area is 179 Å². The Morgan fingerprint density at radius 2 is 1.83 bits per heavy atom. The molecule has 0 bridgehead atoms. The molecule has 0 aliphatic rings. The number of halogens is 1. The monoisotopic (exact) mass is 424 g/mol. The summed E-state index contributed by atoms with van der Waals surface area (Å²) in [6.07, 6.45) is 1.51. The second kappa shape index (κ2) is 10.3. The van der Waals surface area contributed by atoms with E-state index in [1.54, 1.807) is 18.2 Å². The summed E-state index contributed by atoms with van der Waals surface area (Å²) < 4.78 is 11.6. The van der Waals surface area contributed by atoms with Crippen LogP contribution in [0.1, 0.15) is 28.4 Å². The van der Waals surface area contributed by atoms with E-state index in [-0.39, 0.29) is 11.7 Å². The van der Waals surface area contributed by atoms with Crippen LogP contribution in [0.15, 0.2) is 71.8 Å². The third-order valence-electron chi connectivity index (χ3n) is 4.12. The van der Waals surface area contributed by atoms with Crippen molar-refractivity contribution in [2.24, 2.45) is 5.10 Å². The lowest BCUT2D eigenvalue weighted by Crippen LogP contribution is -2.17. The Hall–Kier alpha value is -3.51. The molecule has 0 spiro atoms. The van der Waals surface area contributed by atoms with Gasteiger partial charge in [0.25, 0.3) is 5.91 Å². The third-order valence-corrected chi connectivity index (χ3v) is 4.49. The SMILES string of the molecule is CCOc1cc(/C=N/NC(=O)c2ccc(O)cc2)ccc1OCc1ccccc1Cl. The van der Waals surface area contributed by atoms with E-state index < -0.39 is 0 Å². The summed E-state index contributed by atoms with van der Waals surface area (Å²) in [5, 5.41) is 13.9. The summed E-state index contributed by atoms with van der Waals surface area (Å²) in [4.78, 5) is 12.1. The van der Waals surface area contributed by atoms with E-state index in [4.69, 9.17) is 21.1 Å². The number of nitrogens with zero attached hydrogens (tertiary/aromatic N) is 1. The van der Waals surface area contributed by atoms with Gasteiger partial charge in [0.2, 0.25) is 0 Å².